The van der Waals surface area contributed by atoms with Gasteiger partial charge in [0, 0.05) is 11.4 Å². The van der Waals surface area contributed by atoms with Crippen LogP contribution < -0.4 is 5.32 Å². The highest BCUT2D eigenvalue weighted by molar-refractivity contribution is 5.60. The lowest BCUT2D eigenvalue weighted by atomic mass is 9.69. The molecular formula is C82H151N. The fourth-order valence-electron chi connectivity index (χ4n) is 14.9. The average molecular weight is 1150 g/mol. The summed E-state index contributed by atoms with van der Waals surface area (Å²) >= 11 is 0. The van der Waals surface area contributed by atoms with Crippen molar-refractivity contribution in [1.29, 1.82) is 0 Å². The van der Waals surface area contributed by atoms with Crippen molar-refractivity contribution in [3.05, 3.63) is 59.7 Å². The van der Waals surface area contributed by atoms with Gasteiger partial charge in [-0.3, -0.25) is 0 Å². The van der Waals surface area contributed by atoms with E-state index in [9.17, 15) is 0 Å². The van der Waals surface area contributed by atoms with E-state index >= 15 is 0 Å². The molecule has 1 nitrogen and oxygen atoms in total. The second-order valence-electron chi connectivity index (χ2n) is 28.9. The van der Waals surface area contributed by atoms with Gasteiger partial charge < -0.3 is 5.32 Å². The first-order chi connectivity index (χ1) is 40.7. The van der Waals surface area contributed by atoms with Crippen LogP contribution in [0.2, 0.25) is 0 Å². The van der Waals surface area contributed by atoms with Crippen LogP contribution in [0.15, 0.2) is 48.5 Å². The zero-order valence-electron chi connectivity index (χ0n) is 58.4. The lowest BCUT2D eigenvalue weighted by Gasteiger charge is -2.36. The van der Waals surface area contributed by atoms with E-state index in [-0.39, 0.29) is 10.8 Å². The third-order valence-electron chi connectivity index (χ3n) is 20.6. The Bertz CT molecular complexity index is 1620. The highest BCUT2D eigenvalue weighted by Crippen LogP contribution is 2.43. The molecule has 83 heavy (non-hydrogen) atoms. The van der Waals surface area contributed by atoms with Crippen molar-refractivity contribution in [2.24, 2.45) is 17.8 Å². The van der Waals surface area contributed by atoms with Crippen LogP contribution in [0.4, 0.5) is 11.4 Å². The van der Waals surface area contributed by atoms with E-state index < -0.39 is 0 Å². The summed E-state index contributed by atoms with van der Waals surface area (Å²) in [5.74, 6) is 2.57. The summed E-state index contributed by atoms with van der Waals surface area (Å²) in [6, 6.07) is 20.0. The van der Waals surface area contributed by atoms with Gasteiger partial charge in [0.05, 0.1) is 0 Å². The van der Waals surface area contributed by atoms with Gasteiger partial charge in [0.25, 0.3) is 0 Å². The molecule has 0 aliphatic rings. The number of hydrogen-bond acceptors (Lipinski definition) is 1. The van der Waals surface area contributed by atoms with Crippen LogP contribution in [0.5, 0.6) is 0 Å². The molecule has 5 unspecified atom stereocenters. The number of unbranched alkanes of at least 4 members (excludes halogenated alkanes) is 39. The van der Waals surface area contributed by atoms with E-state index in [0.29, 0.717) is 0 Å². The van der Waals surface area contributed by atoms with Gasteiger partial charge in [-0.05, 0) is 96.1 Å². The van der Waals surface area contributed by atoms with E-state index in [0.717, 1.165) is 17.8 Å². The third-order valence-corrected chi connectivity index (χ3v) is 20.6. The molecule has 0 heterocycles. The lowest BCUT2D eigenvalue weighted by molar-refractivity contribution is 0.233. The second kappa shape index (κ2) is 54.4. The Hall–Kier alpha value is -1.76. The van der Waals surface area contributed by atoms with E-state index in [1.807, 2.05) is 0 Å². The Morgan fingerprint density at radius 1 is 0.253 bits per heavy atom. The molecule has 2 aromatic rings. The lowest BCUT2D eigenvalue weighted by Crippen LogP contribution is -2.27. The van der Waals surface area contributed by atoms with Crippen LogP contribution in [0, 0.1) is 17.8 Å². The van der Waals surface area contributed by atoms with Gasteiger partial charge in [-0.25, -0.2) is 0 Å². The number of rotatable bonds is 63. The number of hydrogen-bond donors (Lipinski definition) is 1. The van der Waals surface area contributed by atoms with Crippen molar-refractivity contribution < 1.29 is 0 Å². The maximum absolute atomic E-state index is 3.94. The summed E-state index contributed by atoms with van der Waals surface area (Å²) in [6.45, 7) is 21.9. The molecule has 0 saturated heterocycles. The Morgan fingerprint density at radius 3 is 0.747 bits per heavy atom. The predicted molar refractivity (Wildman–Crippen MR) is 380 cm³/mol. The molecule has 0 amide bonds. The summed E-state index contributed by atoms with van der Waals surface area (Å²) in [4.78, 5) is 0. The van der Waals surface area contributed by atoms with Crippen molar-refractivity contribution in [3.63, 3.8) is 0 Å². The van der Waals surface area contributed by atoms with Gasteiger partial charge in [-0.15, -0.1) is 0 Å². The number of nitrogens with one attached hydrogen (secondary N) is 1. The Labute approximate surface area is 524 Å². The summed E-state index contributed by atoms with van der Waals surface area (Å²) < 4.78 is 0. The Morgan fingerprint density at radius 2 is 0.470 bits per heavy atom. The van der Waals surface area contributed by atoms with Gasteiger partial charge in [0.1, 0.15) is 0 Å². The maximum atomic E-state index is 3.94. The molecule has 0 bridgehead atoms. The minimum Gasteiger partial charge on any atom is -0.356 e. The topological polar surface area (TPSA) is 12.0 Å². The van der Waals surface area contributed by atoms with E-state index in [1.165, 1.54) is 371 Å². The van der Waals surface area contributed by atoms with E-state index in [1.54, 1.807) is 11.1 Å². The van der Waals surface area contributed by atoms with Crippen molar-refractivity contribution in [3.8, 4) is 0 Å². The van der Waals surface area contributed by atoms with Crippen molar-refractivity contribution >= 4 is 11.4 Å². The fraction of sp³-hybridized carbons (Fsp3) is 0.854. The molecule has 0 aliphatic carbocycles. The van der Waals surface area contributed by atoms with Gasteiger partial charge in [-0.1, -0.05) is 414 Å². The molecule has 0 saturated carbocycles. The minimum atomic E-state index is 0.211. The van der Waals surface area contributed by atoms with Crippen LogP contribution >= 0.6 is 0 Å². The summed E-state index contributed by atoms with van der Waals surface area (Å²) in [5.41, 5.74) is 6.12. The molecule has 1 N–H and O–H groups in total. The van der Waals surface area contributed by atoms with Gasteiger partial charge in [0.15, 0.2) is 0 Å². The SMILES string of the molecule is CCCCCCCCCCC(CCCCCCCC)CC(CCCCCCCC)CC(C)(CCCCCCCC)c1ccc(Nc2ccc(C(C)(CCCCCCCC)CC(CCCCCCCC)CCCCCCCCCC)cc2)cc1. The highest BCUT2D eigenvalue weighted by atomic mass is 14.9. The van der Waals surface area contributed by atoms with Gasteiger partial charge in [0.2, 0.25) is 0 Å². The molecule has 0 fully saturated rings. The zero-order valence-corrected chi connectivity index (χ0v) is 58.4. The molecule has 0 radical (unpaired) electrons. The summed E-state index contributed by atoms with van der Waals surface area (Å²) in [6.07, 6.45) is 79.1. The molecule has 0 aromatic heterocycles. The van der Waals surface area contributed by atoms with Gasteiger partial charge >= 0.3 is 0 Å². The molecule has 0 aliphatic heterocycles. The molecule has 2 aromatic carbocycles. The Kier molecular flexibility index (Phi) is 50.7. The first kappa shape index (κ1) is 77.3. The smallest absolute Gasteiger partial charge is 0.0384 e. The standard InChI is InChI=1S/C82H151N/c1-10-17-24-31-38-40-45-50-57-74(56-49-42-33-26-19-12-3)71-76(60-53-44-35-28-21-14-5)73-82(9,70-55-48-37-30-23-16-7)78-63-67-80(68-64-78)83-79-65-61-77(62-66-79)81(8,69-54-47-36-29-22-15-6)72-75(58-51-43-34-27-20-13-4)59-52-46-41-39-32-25-18-11-2/h61-68,74-76,83H,10-60,69-73H2,1-9H3. The molecule has 2 rings (SSSR count). The normalized spacial score (nSPS) is 14.4. The molecular weight excluding hydrogens is 999 g/mol. The van der Waals surface area contributed by atoms with Crippen LogP contribution in [0.25, 0.3) is 0 Å². The Balaban J connectivity index is 2.41. The van der Waals surface area contributed by atoms with Crippen LogP contribution in [-0.4, -0.2) is 0 Å². The predicted octanol–water partition coefficient (Wildman–Crippen LogP) is 29.8. The first-order valence-corrected chi connectivity index (χ1v) is 38.7. The minimum absolute atomic E-state index is 0.211. The van der Waals surface area contributed by atoms with Crippen LogP contribution in [-0.2, 0) is 10.8 Å². The quantitative estimate of drug-likeness (QED) is 0.0651. The van der Waals surface area contributed by atoms with Crippen molar-refractivity contribution in [1.82, 2.24) is 0 Å². The second-order valence-corrected chi connectivity index (χ2v) is 28.9. The van der Waals surface area contributed by atoms with Gasteiger partial charge in [-0.2, -0.15) is 0 Å². The average Bonchev–Trinajstić information content (AvgIpc) is 3.61. The molecule has 484 valence electrons. The highest BCUT2D eigenvalue weighted by Gasteiger charge is 2.32. The summed E-state index contributed by atoms with van der Waals surface area (Å²) in [5, 5.41) is 3.94. The third kappa shape index (κ3) is 40.4. The largest absolute Gasteiger partial charge is 0.356 e. The first-order valence-electron chi connectivity index (χ1n) is 38.7. The van der Waals surface area contributed by atoms with E-state index in [4.69, 9.17) is 0 Å². The van der Waals surface area contributed by atoms with E-state index in [2.05, 4.69) is 116 Å². The van der Waals surface area contributed by atoms with Crippen molar-refractivity contribution in [2.75, 3.05) is 5.32 Å². The number of benzene rings is 2. The molecule has 5 atom stereocenters. The monoisotopic (exact) mass is 1150 g/mol. The fourth-order valence-corrected chi connectivity index (χ4v) is 14.9. The molecule has 1 heteroatoms. The zero-order chi connectivity index (χ0) is 60.0. The molecule has 0 spiro atoms. The van der Waals surface area contributed by atoms with Crippen LogP contribution in [0.3, 0.4) is 0 Å². The van der Waals surface area contributed by atoms with Crippen LogP contribution in [0.1, 0.15) is 433 Å². The number of anilines is 2. The van der Waals surface area contributed by atoms with Crippen molar-refractivity contribution in [2.45, 2.75) is 433 Å². The summed E-state index contributed by atoms with van der Waals surface area (Å²) in [7, 11) is 0. The maximum Gasteiger partial charge on any atom is 0.0384 e.